The molecule has 1 aromatic rings. The molecule has 0 aromatic heterocycles. The third-order valence-corrected chi connectivity index (χ3v) is 3.28. The zero-order valence-electron chi connectivity index (χ0n) is 10.4. The number of carbonyl (C=O) groups is 1. The van der Waals surface area contributed by atoms with Crippen molar-refractivity contribution in [2.45, 2.75) is 19.3 Å². The Morgan fingerprint density at radius 3 is 3.11 bits per heavy atom. The van der Waals surface area contributed by atoms with E-state index in [1.54, 1.807) is 6.07 Å². The monoisotopic (exact) mass is 250 g/mol. The van der Waals surface area contributed by atoms with Gasteiger partial charge in [-0.25, -0.2) is 4.39 Å². The fourth-order valence-electron chi connectivity index (χ4n) is 2.19. The van der Waals surface area contributed by atoms with Crippen LogP contribution in [0.25, 0.3) is 0 Å². The van der Waals surface area contributed by atoms with Crippen molar-refractivity contribution < 1.29 is 9.18 Å². The van der Waals surface area contributed by atoms with E-state index in [1.807, 2.05) is 6.07 Å². The molecule has 1 saturated heterocycles. The van der Waals surface area contributed by atoms with Gasteiger partial charge in [-0.2, -0.15) is 0 Å². The minimum absolute atomic E-state index is 0.0474. The first kappa shape index (κ1) is 13.0. The minimum atomic E-state index is -0.245. The van der Waals surface area contributed by atoms with Crippen LogP contribution in [0.2, 0.25) is 0 Å². The van der Waals surface area contributed by atoms with Crippen LogP contribution >= 0.6 is 0 Å². The number of carbonyl (C=O) groups excluding carboxylic acids is 1. The molecule has 1 unspecified atom stereocenters. The SMILES string of the molecule is O=C(CCc1cccc(F)c1)NCC1CCNC1. The molecule has 2 rings (SSSR count). The molecule has 1 aliphatic rings. The summed E-state index contributed by atoms with van der Waals surface area (Å²) in [6, 6.07) is 6.41. The van der Waals surface area contributed by atoms with E-state index >= 15 is 0 Å². The maximum Gasteiger partial charge on any atom is 0.220 e. The molecule has 0 bridgehead atoms. The zero-order valence-corrected chi connectivity index (χ0v) is 10.4. The number of halogens is 1. The van der Waals surface area contributed by atoms with E-state index in [9.17, 15) is 9.18 Å². The van der Waals surface area contributed by atoms with E-state index in [-0.39, 0.29) is 11.7 Å². The zero-order chi connectivity index (χ0) is 12.8. The first-order valence-electron chi connectivity index (χ1n) is 6.46. The maximum atomic E-state index is 12.9. The van der Waals surface area contributed by atoms with Gasteiger partial charge in [-0.05, 0) is 49.5 Å². The van der Waals surface area contributed by atoms with Gasteiger partial charge in [0.05, 0.1) is 0 Å². The second-order valence-electron chi connectivity index (χ2n) is 4.79. The average Bonchev–Trinajstić information content (AvgIpc) is 2.87. The first-order chi connectivity index (χ1) is 8.74. The molecule has 1 fully saturated rings. The van der Waals surface area contributed by atoms with Crippen molar-refractivity contribution in [3.05, 3.63) is 35.6 Å². The summed E-state index contributed by atoms with van der Waals surface area (Å²) in [5.74, 6) is 0.360. The molecule has 4 heteroatoms. The predicted molar refractivity (Wildman–Crippen MR) is 68.7 cm³/mol. The molecule has 2 N–H and O–H groups in total. The van der Waals surface area contributed by atoms with Crippen LogP contribution in [0.4, 0.5) is 4.39 Å². The second kappa shape index (κ2) is 6.50. The normalized spacial score (nSPS) is 18.8. The van der Waals surface area contributed by atoms with Crippen LogP contribution in [-0.2, 0) is 11.2 Å². The van der Waals surface area contributed by atoms with Gasteiger partial charge >= 0.3 is 0 Å². The molecule has 1 heterocycles. The van der Waals surface area contributed by atoms with Crippen molar-refractivity contribution in [2.75, 3.05) is 19.6 Å². The molecule has 98 valence electrons. The van der Waals surface area contributed by atoms with Gasteiger partial charge in [0.15, 0.2) is 0 Å². The lowest BCUT2D eigenvalue weighted by molar-refractivity contribution is -0.121. The van der Waals surface area contributed by atoms with Gasteiger partial charge in [-0.3, -0.25) is 4.79 Å². The molecular formula is C14H19FN2O. The standard InChI is InChI=1S/C14H19FN2O/c15-13-3-1-2-11(8-13)4-5-14(18)17-10-12-6-7-16-9-12/h1-3,8,12,16H,4-7,9-10H2,(H,17,18). The van der Waals surface area contributed by atoms with Crippen molar-refractivity contribution in [1.29, 1.82) is 0 Å². The number of benzene rings is 1. The molecule has 1 aromatic carbocycles. The van der Waals surface area contributed by atoms with Gasteiger partial charge in [0.1, 0.15) is 5.82 Å². The molecule has 3 nitrogen and oxygen atoms in total. The molecule has 0 radical (unpaired) electrons. The maximum absolute atomic E-state index is 12.9. The van der Waals surface area contributed by atoms with Crippen molar-refractivity contribution in [3.8, 4) is 0 Å². The summed E-state index contributed by atoms with van der Waals surface area (Å²) < 4.78 is 12.9. The lowest BCUT2D eigenvalue weighted by Gasteiger charge is -2.10. The minimum Gasteiger partial charge on any atom is -0.356 e. The highest BCUT2D eigenvalue weighted by atomic mass is 19.1. The van der Waals surface area contributed by atoms with Gasteiger partial charge in [0.2, 0.25) is 5.91 Å². The smallest absolute Gasteiger partial charge is 0.220 e. The Kier molecular flexibility index (Phi) is 4.70. The van der Waals surface area contributed by atoms with Gasteiger partial charge < -0.3 is 10.6 Å². The summed E-state index contributed by atoms with van der Waals surface area (Å²) in [5.41, 5.74) is 0.868. The number of hydrogen-bond acceptors (Lipinski definition) is 2. The molecule has 0 saturated carbocycles. The van der Waals surface area contributed by atoms with E-state index in [4.69, 9.17) is 0 Å². The second-order valence-corrected chi connectivity index (χ2v) is 4.79. The summed E-state index contributed by atoms with van der Waals surface area (Å²) in [6.45, 7) is 2.78. The van der Waals surface area contributed by atoms with Crippen LogP contribution in [0.15, 0.2) is 24.3 Å². The Hall–Kier alpha value is -1.42. The van der Waals surface area contributed by atoms with Crippen molar-refractivity contribution in [2.24, 2.45) is 5.92 Å². The van der Waals surface area contributed by atoms with E-state index in [0.29, 0.717) is 18.8 Å². The Morgan fingerprint density at radius 1 is 1.50 bits per heavy atom. The van der Waals surface area contributed by atoms with E-state index in [2.05, 4.69) is 10.6 Å². The Balaban J connectivity index is 1.68. The summed E-state index contributed by atoms with van der Waals surface area (Å²) in [5, 5.41) is 6.20. The fraction of sp³-hybridized carbons (Fsp3) is 0.500. The predicted octanol–water partition coefficient (Wildman–Crippen LogP) is 1.48. The molecular weight excluding hydrogens is 231 g/mol. The lowest BCUT2D eigenvalue weighted by atomic mass is 10.1. The summed E-state index contributed by atoms with van der Waals surface area (Å²) in [4.78, 5) is 11.6. The van der Waals surface area contributed by atoms with Crippen LogP contribution in [0, 0.1) is 11.7 Å². The molecule has 18 heavy (non-hydrogen) atoms. The highest BCUT2D eigenvalue weighted by Gasteiger charge is 2.14. The summed E-state index contributed by atoms with van der Waals surface area (Å²) in [6.07, 6.45) is 2.14. The van der Waals surface area contributed by atoms with Crippen molar-refractivity contribution in [3.63, 3.8) is 0 Å². The van der Waals surface area contributed by atoms with E-state index in [1.165, 1.54) is 12.1 Å². The first-order valence-corrected chi connectivity index (χ1v) is 6.46. The van der Waals surface area contributed by atoms with E-state index < -0.39 is 0 Å². The number of amides is 1. The Morgan fingerprint density at radius 2 is 2.39 bits per heavy atom. The quantitative estimate of drug-likeness (QED) is 0.831. The number of nitrogens with one attached hydrogen (secondary N) is 2. The fourth-order valence-corrected chi connectivity index (χ4v) is 2.19. The van der Waals surface area contributed by atoms with Gasteiger partial charge in [0, 0.05) is 13.0 Å². The van der Waals surface area contributed by atoms with Gasteiger partial charge in [0.25, 0.3) is 0 Å². The highest BCUT2D eigenvalue weighted by Crippen LogP contribution is 2.07. The molecule has 0 aliphatic carbocycles. The number of hydrogen-bond donors (Lipinski definition) is 2. The summed E-state index contributed by atoms with van der Waals surface area (Å²) >= 11 is 0. The molecule has 1 atom stereocenters. The molecule has 1 amide bonds. The number of aryl methyl sites for hydroxylation is 1. The largest absolute Gasteiger partial charge is 0.356 e. The van der Waals surface area contributed by atoms with Crippen LogP contribution in [-0.4, -0.2) is 25.5 Å². The van der Waals surface area contributed by atoms with Crippen LogP contribution in [0.3, 0.4) is 0 Å². The molecule has 0 spiro atoms. The van der Waals surface area contributed by atoms with Gasteiger partial charge in [-0.1, -0.05) is 12.1 Å². The van der Waals surface area contributed by atoms with Crippen molar-refractivity contribution in [1.82, 2.24) is 10.6 Å². The van der Waals surface area contributed by atoms with Crippen LogP contribution < -0.4 is 10.6 Å². The highest BCUT2D eigenvalue weighted by molar-refractivity contribution is 5.76. The van der Waals surface area contributed by atoms with Gasteiger partial charge in [-0.15, -0.1) is 0 Å². The van der Waals surface area contributed by atoms with Crippen molar-refractivity contribution >= 4 is 5.91 Å². The van der Waals surface area contributed by atoms with E-state index in [0.717, 1.165) is 31.6 Å². The van der Waals surface area contributed by atoms with Crippen LogP contribution in [0.5, 0.6) is 0 Å². The third kappa shape index (κ3) is 4.11. The average molecular weight is 250 g/mol. The lowest BCUT2D eigenvalue weighted by Crippen LogP contribution is -2.30. The molecule has 1 aliphatic heterocycles. The number of rotatable bonds is 5. The van der Waals surface area contributed by atoms with Crippen LogP contribution in [0.1, 0.15) is 18.4 Å². The Labute approximate surface area is 107 Å². The summed E-state index contributed by atoms with van der Waals surface area (Å²) in [7, 11) is 0. The third-order valence-electron chi connectivity index (χ3n) is 3.28. The Bertz CT molecular complexity index is 403. The topological polar surface area (TPSA) is 41.1 Å².